The molecule has 32 heavy (non-hydrogen) atoms. The third-order valence-corrected chi connectivity index (χ3v) is 5.55. The van der Waals surface area contributed by atoms with Crippen LogP contribution < -0.4 is 20.1 Å². The largest absolute Gasteiger partial charge is 0.493 e. The van der Waals surface area contributed by atoms with Gasteiger partial charge in [0.05, 0.1) is 33.8 Å². The van der Waals surface area contributed by atoms with Gasteiger partial charge in [-0.15, -0.1) is 0 Å². The molecule has 0 saturated heterocycles. The number of ether oxygens (including phenoxy) is 3. The molecule has 1 aliphatic carbocycles. The number of hydrogen-bond donors (Lipinski definition) is 2. The van der Waals surface area contributed by atoms with Gasteiger partial charge in [0, 0.05) is 17.2 Å². The molecule has 3 rings (SSSR count). The highest BCUT2D eigenvalue weighted by molar-refractivity contribution is 5.98. The van der Waals surface area contributed by atoms with Gasteiger partial charge in [-0.25, -0.2) is 0 Å². The third kappa shape index (κ3) is 5.57. The van der Waals surface area contributed by atoms with Crippen LogP contribution in [0.5, 0.6) is 11.5 Å². The van der Waals surface area contributed by atoms with Gasteiger partial charge in [0.2, 0.25) is 5.91 Å². The van der Waals surface area contributed by atoms with Crippen LogP contribution in [0.3, 0.4) is 0 Å². The second kappa shape index (κ2) is 10.2. The summed E-state index contributed by atoms with van der Waals surface area (Å²) in [5, 5.41) is 5.74. The lowest BCUT2D eigenvalue weighted by Crippen LogP contribution is -2.30. The lowest BCUT2D eigenvalue weighted by Gasteiger charge is -2.20. The fraction of sp³-hybridized carbons (Fsp3) is 0.375. The first kappa shape index (κ1) is 23.1. The van der Waals surface area contributed by atoms with E-state index in [4.69, 9.17) is 14.2 Å². The van der Waals surface area contributed by atoms with E-state index in [0.717, 1.165) is 6.42 Å². The van der Waals surface area contributed by atoms with Gasteiger partial charge < -0.3 is 24.8 Å². The zero-order chi connectivity index (χ0) is 23.3. The minimum Gasteiger partial charge on any atom is -0.493 e. The molecule has 0 aromatic heterocycles. The molecule has 3 atom stereocenters. The molecule has 2 amide bonds. The molecule has 0 aliphatic heterocycles. The molecule has 170 valence electrons. The Morgan fingerprint density at radius 2 is 1.75 bits per heavy atom. The SMILES string of the molecule is COC(=O)CC(NC(=O)c1cccc(NC(=O)C2CC2C)c1)c1ccc(OC)c(OC)c1. The van der Waals surface area contributed by atoms with E-state index in [-0.39, 0.29) is 24.2 Å². The van der Waals surface area contributed by atoms with Crippen molar-refractivity contribution in [3.05, 3.63) is 53.6 Å². The van der Waals surface area contributed by atoms with Crippen LogP contribution in [0.25, 0.3) is 0 Å². The Morgan fingerprint density at radius 3 is 2.38 bits per heavy atom. The van der Waals surface area contributed by atoms with Crippen LogP contribution >= 0.6 is 0 Å². The number of esters is 1. The maximum atomic E-state index is 13.0. The van der Waals surface area contributed by atoms with E-state index in [2.05, 4.69) is 10.6 Å². The van der Waals surface area contributed by atoms with Crippen LogP contribution in [0.1, 0.15) is 41.7 Å². The molecular formula is C24H28N2O6. The van der Waals surface area contributed by atoms with Crippen molar-refractivity contribution in [2.75, 3.05) is 26.6 Å². The average molecular weight is 440 g/mol. The Kier molecular flexibility index (Phi) is 7.35. The Bertz CT molecular complexity index is 1010. The van der Waals surface area contributed by atoms with Crippen LogP contribution in [0.15, 0.2) is 42.5 Å². The monoisotopic (exact) mass is 440 g/mol. The molecule has 1 saturated carbocycles. The van der Waals surface area contributed by atoms with E-state index >= 15 is 0 Å². The maximum Gasteiger partial charge on any atom is 0.307 e. The Balaban J connectivity index is 1.79. The van der Waals surface area contributed by atoms with Crippen molar-refractivity contribution in [1.29, 1.82) is 0 Å². The molecule has 1 aliphatic rings. The summed E-state index contributed by atoms with van der Waals surface area (Å²) in [6, 6.07) is 11.2. The quantitative estimate of drug-likeness (QED) is 0.580. The molecule has 2 aromatic carbocycles. The Labute approximate surface area is 187 Å². The summed E-state index contributed by atoms with van der Waals surface area (Å²) in [5.41, 5.74) is 1.58. The minimum atomic E-state index is -0.652. The summed E-state index contributed by atoms with van der Waals surface area (Å²) in [4.78, 5) is 37.2. The van der Waals surface area contributed by atoms with E-state index < -0.39 is 12.0 Å². The van der Waals surface area contributed by atoms with Gasteiger partial charge in [-0.2, -0.15) is 0 Å². The number of carbonyl (C=O) groups is 3. The normalized spacial score (nSPS) is 17.6. The molecule has 0 heterocycles. The van der Waals surface area contributed by atoms with Crippen molar-refractivity contribution < 1.29 is 28.6 Å². The maximum absolute atomic E-state index is 13.0. The van der Waals surface area contributed by atoms with Gasteiger partial charge in [-0.3, -0.25) is 14.4 Å². The summed E-state index contributed by atoms with van der Waals surface area (Å²) in [6.45, 7) is 2.03. The molecule has 3 unspecified atom stereocenters. The van der Waals surface area contributed by atoms with Gasteiger partial charge in [-0.05, 0) is 48.2 Å². The number of anilines is 1. The molecule has 2 N–H and O–H groups in total. The van der Waals surface area contributed by atoms with Crippen molar-refractivity contribution in [2.24, 2.45) is 11.8 Å². The molecule has 1 fully saturated rings. The predicted octanol–water partition coefficient (Wildman–Crippen LogP) is 3.33. The lowest BCUT2D eigenvalue weighted by molar-refractivity contribution is -0.141. The lowest BCUT2D eigenvalue weighted by atomic mass is 10.0. The molecule has 0 spiro atoms. The van der Waals surface area contributed by atoms with E-state index in [1.54, 1.807) is 42.5 Å². The van der Waals surface area contributed by atoms with Crippen molar-refractivity contribution in [3.8, 4) is 11.5 Å². The first-order valence-electron chi connectivity index (χ1n) is 10.4. The first-order valence-corrected chi connectivity index (χ1v) is 10.4. The molecule has 0 bridgehead atoms. The summed E-state index contributed by atoms with van der Waals surface area (Å²) in [6.07, 6.45) is 0.820. The second-order valence-electron chi connectivity index (χ2n) is 7.81. The second-order valence-corrected chi connectivity index (χ2v) is 7.81. The Hall–Kier alpha value is -3.55. The van der Waals surface area contributed by atoms with Gasteiger partial charge in [0.15, 0.2) is 11.5 Å². The summed E-state index contributed by atoms with van der Waals surface area (Å²) in [5.74, 6) is 0.545. The van der Waals surface area contributed by atoms with E-state index in [1.807, 2.05) is 6.92 Å². The van der Waals surface area contributed by atoms with Gasteiger partial charge in [-0.1, -0.05) is 19.1 Å². The van der Waals surface area contributed by atoms with E-state index in [0.29, 0.717) is 34.2 Å². The first-order chi connectivity index (χ1) is 15.4. The number of rotatable bonds is 9. The Morgan fingerprint density at radius 1 is 1.03 bits per heavy atom. The van der Waals surface area contributed by atoms with Crippen molar-refractivity contribution in [3.63, 3.8) is 0 Å². The topological polar surface area (TPSA) is 103 Å². The molecule has 8 heteroatoms. The van der Waals surface area contributed by atoms with Gasteiger partial charge in [0.25, 0.3) is 5.91 Å². The standard InChI is InChI=1S/C24H28N2O6/c1-14-10-18(14)24(29)25-17-7-5-6-16(11-17)23(28)26-19(13-22(27)32-4)15-8-9-20(30-2)21(12-15)31-3/h5-9,11-12,14,18-19H,10,13H2,1-4H3,(H,25,29)(H,26,28). The van der Waals surface area contributed by atoms with Gasteiger partial charge >= 0.3 is 5.97 Å². The number of amides is 2. The summed E-state index contributed by atoms with van der Waals surface area (Å²) in [7, 11) is 4.33. The van der Waals surface area contributed by atoms with E-state index in [1.165, 1.54) is 21.3 Å². The summed E-state index contributed by atoms with van der Waals surface area (Å²) >= 11 is 0. The molecular weight excluding hydrogens is 412 g/mol. The fourth-order valence-electron chi connectivity index (χ4n) is 3.47. The third-order valence-electron chi connectivity index (χ3n) is 5.55. The smallest absolute Gasteiger partial charge is 0.307 e. The summed E-state index contributed by atoms with van der Waals surface area (Å²) < 4.78 is 15.4. The predicted molar refractivity (Wildman–Crippen MR) is 119 cm³/mol. The fourth-order valence-corrected chi connectivity index (χ4v) is 3.47. The average Bonchev–Trinajstić information content (AvgIpc) is 3.54. The number of hydrogen-bond acceptors (Lipinski definition) is 6. The zero-order valence-electron chi connectivity index (χ0n) is 18.6. The zero-order valence-corrected chi connectivity index (χ0v) is 18.6. The molecule has 0 radical (unpaired) electrons. The van der Waals surface area contributed by atoms with Crippen molar-refractivity contribution in [2.45, 2.75) is 25.8 Å². The highest BCUT2D eigenvalue weighted by Gasteiger charge is 2.39. The number of nitrogens with one attached hydrogen (secondary N) is 2. The van der Waals surface area contributed by atoms with E-state index in [9.17, 15) is 14.4 Å². The van der Waals surface area contributed by atoms with Crippen LogP contribution in [0, 0.1) is 11.8 Å². The highest BCUT2D eigenvalue weighted by atomic mass is 16.5. The highest BCUT2D eigenvalue weighted by Crippen LogP contribution is 2.38. The number of carbonyl (C=O) groups excluding carboxylic acids is 3. The van der Waals surface area contributed by atoms with Crippen LogP contribution in [-0.4, -0.2) is 39.1 Å². The van der Waals surface area contributed by atoms with Crippen LogP contribution in [-0.2, 0) is 14.3 Å². The number of benzene rings is 2. The number of methoxy groups -OCH3 is 3. The molecule has 2 aromatic rings. The van der Waals surface area contributed by atoms with Gasteiger partial charge in [0.1, 0.15) is 0 Å². The van der Waals surface area contributed by atoms with Crippen molar-refractivity contribution >= 4 is 23.5 Å². The van der Waals surface area contributed by atoms with Crippen LogP contribution in [0.2, 0.25) is 0 Å². The minimum absolute atomic E-state index is 0.0296. The molecule has 8 nitrogen and oxygen atoms in total. The van der Waals surface area contributed by atoms with Crippen LogP contribution in [0.4, 0.5) is 5.69 Å². The van der Waals surface area contributed by atoms with Crippen molar-refractivity contribution in [1.82, 2.24) is 5.32 Å².